The molecule has 0 aliphatic rings. The Labute approximate surface area is 305 Å². The molecular formula is C43H85BrNO2+. The van der Waals surface area contributed by atoms with E-state index in [1.165, 1.54) is 180 Å². The Morgan fingerprint density at radius 1 is 0.489 bits per heavy atom. The van der Waals surface area contributed by atoms with Crippen LogP contribution >= 0.6 is 15.9 Å². The van der Waals surface area contributed by atoms with Gasteiger partial charge in [0.1, 0.15) is 12.6 Å². The summed E-state index contributed by atoms with van der Waals surface area (Å²) in [6.45, 7) is 9.20. The highest BCUT2D eigenvalue weighted by molar-refractivity contribution is 9.09. The van der Waals surface area contributed by atoms with E-state index in [-0.39, 0.29) is 6.10 Å². The molecule has 3 nitrogen and oxygen atoms in total. The van der Waals surface area contributed by atoms with Crippen molar-refractivity contribution in [1.29, 1.82) is 0 Å². The van der Waals surface area contributed by atoms with Gasteiger partial charge in [0.15, 0.2) is 0 Å². The van der Waals surface area contributed by atoms with Crippen molar-refractivity contribution < 1.29 is 14.0 Å². The number of likely N-dealkylation sites (N-methyl/N-ethyl adjacent to an activating group) is 1. The number of quaternary nitrogens is 1. The molecule has 0 fully saturated rings. The first-order chi connectivity index (χ1) is 23.1. The first-order valence-corrected chi connectivity index (χ1v) is 22.0. The predicted molar refractivity (Wildman–Crippen MR) is 215 cm³/mol. The Morgan fingerprint density at radius 3 is 1.26 bits per heavy atom. The summed E-state index contributed by atoms with van der Waals surface area (Å²) in [5.41, 5.74) is 0. The minimum atomic E-state index is 0.196. The van der Waals surface area contributed by atoms with E-state index >= 15 is 0 Å². The van der Waals surface area contributed by atoms with E-state index in [0.29, 0.717) is 0 Å². The van der Waals surface area contributed by atoms with Gasteiger partial charge in [0.25, 0.3) is 0 Å². The van der Waals surface area contributed by atoms with Crippen LogP contribution in [0.15, 0.2) is 24.3 Å². The molecule has 0 aliphatic heterocycles. The number of allylic oxidation sites excluding steroid dienone is 4. The van der Waals surface area contributed by atoms with E-state index in [2.05, 4.69) is 68.2 Å². The van der Waals surface area contributed by atoms with Gasteiger partial charge >= 0.3 is 0 Å². The molecule has 0 aromatic heterocycles. The SMILES string of the molecule is CCCCCCCC/C=C/CCCCCCCCOCC(C[N+](C)(C)CCBr)OCCCCCCCC/C=C/CCCCCCCC. The maximum atomic E-state index is 6.41. The number of halogens is 1. The summed E-state index contributed by atoms with van der Waals surface area (Å²) in [6, 6.07) is 0. The van der Waals surface area contributed by atoms with Gasteiger partial charge in [-0.05, 0) is 64.2 Å². The third kappa shape index (κ3) is 38.5. The second-order valence-corrected chi connectivity index (χ2v) is 15.8. The smallest absolute Gasteiger partial charge is 0.130 e. The molecule has 0 rings (SSSR count). The Hall–Kier alpha value is -0.160. The Bertz CT molecular complexity index is 650. The summed E-state index contributed by atoms with van der Waals surface area (Å²) in [5.74, 6) is 0. The highest BCUT2D eigenvalue weighted by Crippen LogP contribution is 2.13. The van der Waals surface area contributed by atoms with Gasteiger partial charge in [-0.25, -0.2) is 0 Å². The van der Waals surface area contributed by atoms with Crippen molar-refractivity contribution in [2.24, 2.45) is 0 Å². The Balaban J connectivity index is 3.80. The number of hydrogen-bond donors (Lipinski definition) is 0. The third-order valence-electron chi connectivity index (χ3n) is 9.50. The Morgan fingerprint density at radius 2 is 0.851 bits per heavy atom. The van der Waals surface area contributed by atoms with E-state index in [1.807, 2.05) is 0 Å². The lowest BCUT2D eigenvalue weighted by molar-refractivity contribution is -0.891. The fourth-order valence-electron chi connectivity index (χ4n) is 6.29. The summed E-state index contributed by atoms with van der Waals surface area (Å²) < 4.78 is 13.5. The van der Waals surface area contributed by atoms with Gasteiger partial charge in [-0.1, -0.05) is 170 Å². The zero-order chi connectivity index (χ0) is 34.4. The molecule has 0 bridgehead atoms. The molecule has 1 unspecified atom stereocenters. The van der Waals surface area contributed by atoms with Crippen molar-refractivity contribution in [2.75, 3.05) is 52.3 Å². The highest BCUT2D eigenvalue weighted by atomic mass is 79.9. The Kier molecular flexibility index (Phi) is 38.5. The monoisotopic (exact) mass is 727 g/mol. The van der Waals surface area contributed by atoms with E-state index in [1.54, 1.807) is 0 Å². The van der Waals surface area contributed by atoms with Crippen LogP contribution in [0.2, 0.25) is 0 Å². The molecule has 0 radical (unpaired) electrons. The molecule has 280 valence electrons. The predicted octanol–water partition coefficient (Wildman–Crippen LogP) is 13.9. The van der Waals surface area contributed by atoms with Crippen molar-refractivity contribution in [2.45, 2.75) is 200 Å². The van der Waals surface area contributed by atoms with Crippen molar-refractivity contribution in [1.82, 2.24) is 0 Å². The van der Waals surface area contributed by atoms with E-state index in [0.717, 1.165) is 42.7 Å². The molecule has 0 heterocycles. The minimum absolute atomic E-state index is 0.196. The van der Waals surface area contributed by atoms with Crippen LogP contribution < -0.4 is 0 Å². The largest absolute Gasteiger partial charge is 0.379 e. The standard InChI is InChI=1S/C43H85BrNO2/c1-5-7-9-11-13-15-17-19-21-23-25-27-29-31-33-35-39-46-42-43(41-45(3,4)38-37-44)47-40-36-34-32-30-28-26-24-22-20-18-16-14-12-10-8-6-2/h19-22,43H,5-18,23-42H2,1-4H3/q+1/b21-19+,22-20+. The summed E-state index contributed by atoms with van der Waals surface area (Å²) in [7, 11) is 4.62. The van der Waals surface area contributed by atoms with E-state index in [9.17, 15) is 0 Å². The average Bonchev–Trinajstić information content (AvgIpc) is 3.05. The van der Waals surface area contributed by atoms with Crippen molar-refractivity contribution in [3.05, 3.63) is 24.3 Å². The maximum absolute atomic E-state index is 6.41. The molecule has 0 aromatic carbocycles. The second-order valence-electron chi connectivity index (χ2n) is 15.0. The van der Waals surface area contributed by atoms with Gasteiger partial charge in [0.2, 0.25) is 0 Å². The summed E-state index contributed by atoms with van der Waals surface area (Å²) in [4.78, 5) is 0. The van der Waals surface area contributed by atoms with Gasteiger partial charge < -0.3 is 14.0 Å². The molecule has 0 N–H and O–H groups in total. The normalized spacial score (nSPS) is 13.0. The fourth-order valence-corrected chi connectivity index (χ4v) is 7.25. The molecule has 0 aromatic rings. The van der Waals surface area contributed by atoms with Crippen LogP contribution in [-0.2, 0) is 9.47 Å². The summed E-state index contributed by atoms with van der Waals surface area (Å²) >= 11 is 3.64. The van der Waals surface area contributed by atoms with Crippen LogP contribution in [-0.4, -0.2) is 62.9 Å². The maximum Gasteiger partial charge on any atom is 0.130 e. The first-order valence-electron chi connectivity index (χ1n) is 20.9. The number of ether oxygens (including phenoxy) is 2. The topological polar surface area (TPSA) is 18.5 Å². The summed E-state index contributed by atoms with van der Waals surface area (Å²) in [6.07, 6.45) is 47.6. The van der Waals surface area contributed by atoms with Crippen LogP contribution in [0.25, 0.3) is 0 Å². The van der Waals surface area contributed by atoms with Crippen LogP contribution in [0.4, 0.5) is 0 Å². The quantitative estimate of drug-likeness (QED) is 0.0272. The minimum Gasteiger partial charge on any atom is -0.379 e. The zero-order valence-electron chi connectivity index (χ0n) is 32.6. The van der Waals surface area contributed by atoms with Gasteiger partial charge in [-0.15, -0.1) is 0 Å². The van der Waals surface area contributed by atoms with Crippen molar-refractivity contribution in [3.8, 4) is 0 Å². The molecule has 0 aliphatic carbocycles. The number of nitrogens with zero attached hydrogens (tertiary/aromatic N) is 1. The van der Waals surface area contributed by atoms with Crippen LogP contribution in [0.5, 0.6) is 0 Å². The number of hydrogen-bond acceptors (Lipinski definition) is 2. The average molecular weight is 728 g/mol. The number of rotatable bonds is 39. The van der Waals surface area contributed by atoms with Gasteiger partial charge in [0, 0.05) is 13.2 Å². The second kappa shape index (κ2) is 38.6. The van der Waals surface area contributed by atoms with Gasteiger partial charge in [0.05, 0.1) is 32.6 Å². The van der Waals surface area contributed by atoms with Gasteiger partial charge in [-0.3, -0.25) is 0 Å². The fraction of sp³-hybridized carbons (Fsp3) is 0.907. The lowest BCUT2D eigenvalue weighted by Crippen LogP contribution is -2.48. The first kappa shape index (κ1) is 46.8. The van der Waals surface area contributed by atoms with Crippen molar-refractivity contribution >= 4 is 15.9 Å². The van der Waals surface area contributed by atoms with Gasteiger partial charge in [-0.2, -0.15) is 0 Å². The summed E-state index contributed by atoms with van der Waals surface area (Å²) in [5, 5.41) is 1.03. The van der Waals surface area contributed by atoms with Crippen LogP contribution in [0, 0.1) is 0 Å². The number of alkyl halides is 1. The van der Waals surface area contributed by atoms with E-state index < -0.39 is 0 Å². The molecule has 0 saturated carbocycles. The van der Waals surface area contributed by atoms with E-state index in [4.69, 9.17) is 9.47 Å². The number of unbranched alkanes of at least 4 members (excludes halogenated alkanes) is 24. The molecule has 0 saturated heterocycles. The molecule has 4 heteroatoms. The van der Waals surface area contributed by atoms with Crippen LogP contribution in [0.3, 0.4) is 0 Å². The molecule has 0 spiro atoms. The third-order valence-corrected chi connectivity index (χ3v) is 9.86. The lowest BCUT2D eigenvalue weighted by Gasteiger charge is -2.33. The zero-order valence-corrected chi connectivity index (χ0v) is 34.2. The van der Waals surface area contributed by atoms with Crippen LogP contribution in [0.1, 0.15) is 194 Å². The molecule has 0 amide bonds. The lowest BCUT2D eigenvalue weighted by atomic mass is 10.1. The molecule has 1 atom stereocenters. The molecular weight excluding hydrogens is 642 g/mol. The van der Waals surface area contributed by atoms with Crippen molar-refractivity contribution in [3.63, 3.8) is 0 Å². The molecule has 47 heavy (non-hydrogen) atoms. The highest BCUT2D eigenvalue weighted by Gasteiger charge is 2.22.